The molecule has 0 saturated carbocycles. The first-order chi connectivity index (χ1) is 7.63. The third-order valence-corrected chi connectivity index (χ3v) is 4.80. The largest absolute Gasteiger partial charge is 0.261 e. The lowest BCUT2D eigenvalue weighted by Crippen LogP contribution is -2.30. The molecule has 0 aliphatic carbocycles. The summed E-state index contributed by atoms with van der Waals surface area (Å²) in [5.41, 5.74) is 0. The van der Waals surface area contributed by atoms with E-state index in [1.807, 2.05) is 0 Å². The Bertz CT molecular complexity index is 608. The van der Waals surface area contributed by atoms with Crippen LogP contribution in [0.5, 0.6) is 0 Å². The molecule has 1 N–H and O–H groups in total. The number of rotatable bonds is 4. The summed E-state index contributed by atoms with van der Waals surface area (Å²) in [7, 11) is -2.51. The maximum Gasteiger partial charge on any atom is 0.261 e. The average molecular weight is 298 g/mol. The number of halogens is 1. The predicted molar refractivity (Wildman–Crippen MR) is 64.9 cm³/mol. The summed E-state index contributed by atoms with van der Waals surface area (Å²) in [5, 5.41) is 0. The molecular formula is C9H12ClNO4S2. The van der Waals surface area contributed by atoms with Gasteiger partial charge in [0.25, 0.3) is 9.05 Å². The van der Waals surface area contributed by atoms with Gasteiger partial charge in [0.1, 0.15) is 0 Å². The molecule has 0 spiro atoms. The number of hydrogen-bond acceptors (Lipinski definition) is 4. The highest BCUT2D eigenvalue weighted by Gasteiger charge is 2.18. The minimum atomic E-state index is -3.93. The summed E-state index contributed by atoms with van der Waals surface area (Å²) >= 11 is 0. The van der Waals surface area contributed by atoms with Crippen molar-refractivity contribution < 1.29 is 16.8 Å². The van der Waals surface area contributed by atoms with Crippen LogP contribution in [0, 0.1) is 0 Å². The summed E-state index contributed by atoms with van der Waals surface area (Å²) in [6, 6.07) is 4.60. The van der Waals surface area contributed by atoms with Crippen LogP contribution in [0.25, 0.3) is 0 Å². The van der Waals surface area contributed by atoms with Gasteiger partial charge in [0.05, 0.1) is 9.79 Å². The second kappa shape index (κ2) is 4.93. The lowest BCUT2D eigenvalue weighted by Gasteiger charge is -2.09. The number of hydrogen-bond donors (Lipinski definition) is 1. The highest BCUT2D eigenvalue weighted by atomic mass is 35.7. The molecule has 1 rings (SSSR count). The van der Waals surface area contributed by atoms with Crippen molar-refractivity contribution in [1.82, 2.24) is 4.72 Å². The van der Waals surface area contributed by atoms with E-state index in [2.05, 4.69) is 4.72 Å². The van der Waals surface area contributed by atoms with Crippen LogP contribution in [-0.4, -0.2) is 22.9 Å². The van der Waals surface area contributed by atoms with Gasteiger partial charge in [0.15, 0.2) is 0 Å². The van der Waals surface area contributed by atoms with E-state index < -0.39 is 19.1 Å². The third-order valence-electron chi connectivity index (χ3n) is 1.79. The Morgan fingerprint density at radius 2 is 1.65 bits per heavy atom. The van der Waals surface area contributed by atoms with E-state index in [0.717, 1.165) is 6.07 Å². The Balaban J connectivity index is 3.26. The van der Waals surface area contributed by atoms with Crippen molar-refractivity contribution in [3.8, 4) is 0 Å². The zero-order chi connectivity index (χ0) is 13.3. The molecule has 0 bridgehead atoms. The van der Waals surface area contributed by atoms with E-state index in [-0.39, 0.29) is 15.8 Å². The Morgan fingerprint density at radius 1 is 1.12 bits per heavy atom. The molecule has 0 aliphatic heterocycles. The lowest BCUT2D eigenvalue weighted by molar-refractivity contribution is 0.569. The van der Waals surface area contributed by atoms with Gasteiger partial charge in [-0.3, -0.25) is 0 Å². The van der Waals surface area contributed by atoms with Crippen LogP contribution >= 0.6 is 10.7 Å². The fourth-order valence-corrected chi connectivity index (χ4v) is 3.34. The normalized spacial score (nSPS) is 12.9. The van der Waals surface area contributed by atoms with Gasteiger partial charge < -0.3 is 0 Å². The fraction of sp³-hybridized carbons (Fsp3) is 0.333. The van der Waals surface area contributed by atoms with E-state index in [4.69, 9.17) is 10.7 Å². The van der Waals surface area contributed by atoms with Crippen molar-refractivity contribution in [3.05, 3.63) is 24.3 Å². The highest BCUT2D eigenvalue weighted by molar-refractivity contribution is 8.13. The number of sulfonamides is 1. The van der Waals surface area contributed by atoms with Gasteiger partial charge in [-0.2, -0.15) is 0 Å². The van der Waals surface area contributed by atoms with Gasteiger partial charge in [-0.15, -0.1) is 0 Å². The molecule has 0 fully saturated rings. The zero-order valence-corrected chi connectivity index (χ0v) is 11.6. The highest BCUT2D eigenvalue weighted by Crippen LogP contribution is 2.19. The minimum Gasteiger partial charge on any atom is -0.209 e. The molecule has 0 amide bonds. The summed E-state index contributed by atoms with van der Waals surface area (Å²) in [6.45, 7) is 3.33. The molecule has 5 nitrogen and oxygen atoms in total. The van der Waals surface area contributed by atoms with Crippen molar-refractivity contribution in [2.24, 2.45) is 0 Å². The Labute approximate surface area is 105 Å². The van der Waals surface area contributed by atoms with E-state index in [1.54, 1.807) is 13.8 Å². The minimum absolute atomic E-state index is 0.132. The van der Waals surface area contributed by atoms with Crippen molar-refractivity contribution in [1.29, 1.82) is 0 Å². The van der Waals surface area contributed by atoms with E-state index >= 15 is 0 Å². The molecule has 0 atom stereocenters. The third kappa shape index (κ3) is 3.95. The average Bonchev–Trinajstić information content (AvgIpc) is 2.14. The van der Waals surface area contributed by atoms with E-state index in [9.17, 15) is 16.8 Å². The topological polar surface area (TPSA) is 80.3 Å². The molecule has 0 aliphatic rings. The van der Waals surface area contributed by atoms with Gasteiger partial charge in [-0.1, -0.05) is 6.07 Å². The fourth-order valence-electron chi connectivity index (χ4n) is 1.17. The molecule has 0 unspecified atom stereocenters. The summed E-state index contributed by atoms with van der Waals surface area (Å²) in [6.07, 6.45) is 0. The van der Waals surface area contributed by atoms with Gasteiger partial charge in [-0.25, -0.2) is 21.6 Å². The predicted octanol–water partition coefficient (Wildman–Crippen LogP) is 1.30. The van der Waals surface area contributed by atoms with Crippen LogP contribution in [0.2, 0.25) is 0 Å². The maximum atomic E-state index is 11.8. The van der Waals surface area contributed by atoms with Crippen molar-refractivity contribution in [2.75, 3.05) is 0 Å². The molecular weight excluding hydrogens is 286 g/mol. The van der Waals surface area contributed by atoms with Gasteiger partial charge in [0, 0.05) is 16.7 Å². The first-order valence-electron chi connectivity index (χ1n) is 4.70. The number of nitrogens with one attached hydrogen (secondary N) is 1. The van der Waals surface area contributed by atoms with E-state index in [1.165, 1.54) is 18.2 Å². The Morgan fingerprint density at radius 3 is 2.12 bits per heavy atom. The molecule has 17 heavy (non-hydrogen) atoms. The van der Waals surface area contributed by atoms with Crippen molar-refractivity contribution >= 4 is 29.8 Å². The van der Waals surface area contributed by atoms with Crippen LogP contribution in [0.1, 0.15) is 13.8 Å². The van der Waals surface area contributed by atoms with Gasteiger partial charge in [0.2, 0.25) is 10.0 Å². The van der Waals surface area contributed by atoms with Crippen LogP contribution in [0.4, 0.5) is 0 Å². The SMILES string of the molecule is CC(C)NS(=O)(=O)c1cccc(S(=O)(=O)Cl)c1. The molecule has 1 aromatic carbocycles. The second-order valence-electron chi connectivity index (χ2n) is 3.69. The first kappa shape index (κ1) is 14.4. The maximum absolute atomic E-state index is 11.8. The van der Waals surface area contributed by atoms with E-state index in [0.29, 0.717) is 0 Å². The molecule has 0 aromatic heterocycles. The summed E-state index contributed by atoms with van der Waals surface area (Å²) < 4.78 is 48.1. The van der Waals surface area contributed by atoms with Gasteiger partial charge in [-0.05, 0) is 32.0 Å². The molecule has 0 heterocycles. The molecule has 8 heteroatoms. The first-order valence-corrected chi connectivity index (χ1v) is 8.49. The quantitative estimate of drug-likeness (QED) is 0.850. The van der Waals surface area contributed by atoms with Crippen LogP contribution < -0.4 is 4.72 Å². The summed E-state index contributed by atoms with van der Waals surface area (Å²) in [5.74, 6) is 0. The Hall–Kier alpha value is -0.630. The Kier molecular flexibility index (Phi) is 4.19. The lowest BCUT2D eigenvalue weighted by atomic mass is 10.4. The molecule has 0 saturated heterocycles. The zero-order valence-electron chi connectivity index (χ0n) is 9.21. The van der Waals surface area contributed by atoms with Crippen LogP contribution in [-0.2, 0) is 19.1 Å². The smallest absolute Gasteiger partial charge is 0.209 e. The molecule has 96 valence electrons. The monoisotopic (exact) mass is 297 g/mol. The van der Waals surface area contributed by atoms with Crippen LogP contribution in [0.15, 0.2) is 34.1 Å². The standard InChI is InChI=1S/C9H12ClNO4S2/c1-7(2)11-17(14,15)9-5-3-4-8(6-9)16(10,12)13/h3-7,11H,1-2H3. The molecule has 0 radical (unpaired) electrons. The van der Waals surface area contributed by atoms with Crippen molar-refractivity contribution in [2.45, 2.75) is 29.7 Å². The van der Waals surface area contributed by atoms with Crippen molar-refractivity contribution in [3.63, 3.8) is 0 Å². The summed E-state index contributed by atoms with van der Waals surface area (Å²) in [4.78, 5) is -0.376. The van der Waals surface area contributed by atoms with Crippen LogP contribution in [0.3, 0.4) is 0 Å². The number of benzene rings is 1. The second-order valence-corrected chi connectivity index (χ2v) is 7.97. The molecule has 1 aromatic rings. The van der Waals surface area contributed by atoms with Gasteiger partial charge >= 0.3 is 0 Å².